The number of allylic oxidation sites excluding steroid dienone is 2. The molecule has 9 rings (SSSR count). The zero-order valence-electron chi connectivity index (χ0n) is 48.9. The van der Waals surface area contributed by atoms with Crippen molar-refractivity contribution >= 4 is 33.2 Å². The number of hydrogen-bond acceptors (Lipinski definition) is 4. The predicted molar refractivity (Wildman–Crippen MR) is 318 cm³/mol. The third-order valence-corrected chi connectivity index (χ3v) is 15.5. The summed E-state index contributed by atoms with van der Waals surface area (Å²) in [6, 6.07) is 56.8. The van der Waals surface area contributed by atoms with Crippen LogP contribution in [-0.2, 0) is 59.0 Å². The molecule has 6 aromatic carbocycles. The van der Waals surface area contributed by atoms with Crippen LogP contribution in [0.25, 0.3) is 27.6 Å². The maximum Gasteiger partial charge on any atom is 0.135 e. The maximum atomic E-state index is 7.29. The van der Waals surface area contributed by atoms with Crippen molar-refractivity contribution in [1.29, 1.82) is 0 Å². The van der Waals surface area contributed by atoms with Crippen LogP contribution in [-0.4, -0.2) is 9.55 Å². The molecule has 0 unspecified atom stereocenters. The minimum Gasteiger partial charge on any atom is -0.509 e. The summed E-state index contributed by atoms with van der Waals surface area (Å²) >= 11 is 0. The van der Waals surface area contributed by atoms with Crippen LogP contribution in [0.3, 0.4) is 0 Å². The molecule has 400 valence electrons. The van der Waals surface area contributed by atoms with Gasteiger partial charge in [0.15, 0.2) is 0 Å². The summed E-state index contributed by atoms with van der Waals surface area (Å²) in [7, 11) is 0. The van der Waals surface area contributed by atoms with Crippen molar-refractivity contribution in [1.82, 2.24) is 9.55 Å². The van der Waals surface area contributed by atoms with Gasteiger partial charge < -0.3 is 19.1 Å². The minimum atomic E-state index is -0.499. The van der Waals surface area contributed by atoms with Crippen molar-refractivity contribution in [2.24, 2.45) is 0 Å². The Bertz CT molecular complexity index is 3420. The van der Waals surface area contributed by atoms with E-state index in [1.807, 2.05) is 6.20 Å². The molecule has 0 radical (unpaired) electrons. The molecule has 1 aliphatic heterocycles. The predicted octanol–water partition coefficient (Wildman–Crippen LogP) is 18.7. The number of pyridine rings is 1. The molecule has 0 aliphatic carbocycles. The number of ether oxygens (including phenoxy) is 1. The first kappa shape index (κ1) is 56.3. The molecule has 0 saturated heterocycles. The summed E-state index contributed by atoms with van der Waals surface area (Å²) in [4.78, 5) is 9.95. The van der Waals surface area contributed by atoms with E-state index in [-0.39, 0.29) is 48.1 Å². The Morgan fingerprint density at radius 2 is 0.934 bits per heavy atom. The smallest absolute Gasteiger partial charge is 0.135 e. The normalized spacial score (nSPS) is 14.2. The summed E-state index contributed by atoms with van der Waals surface area (Å²) in [5.41, 5.74) is 13.3. The summed E-state index contributed by atoms with van der Waals surface area (Å²) in [5, 5.41) is 2.32. The van der Waals surface area contributed by atoms with Crippen LogP contribution in [0.15, 0.2) is 151 Å². The first-order valence-electron chi connectivity index (χ1n) is 27.0. The molecular weight excluding hydrogens is 1110 g/mol. The fourth-order valence-electron chi connectivity index (χ4n) is 10.8. The van der Waals surface area contributed by atoms with Crippen LogP contribution in [0.5, 0.6) is 11.5 Å². The largest absolute Gasteiger partial charge is 0.509 e. The van der Waals surface area contributed by atoms with Crippen molar-refractivity contribution < 1.29 is 25.8 Å². The number of benzene rings is 6. The minimum absolute atomic E-state index is 0. The summed E-state index contributed by atoms with van der Waals surface area (Å²) in [5.74, 6) is 2.11. The van der Waals surface area contributed by atoms with Crippen molar-refractivity contribution in [3.05, 3.63) is 209 Å². The number of fused-ring (bicyclic) bond motifs is 3. The molecule has 0 N–H and O–H groups in total. The fourth-order valence-corrected chi connectivity index (χ4v) is 10.8. The van der Waals surface area contributed by atoms with E-state index in [0.29, 0.717) is 11.5 Å². The van der Waals surface area contributed by atoms with E-state index in [9.17, 15) is 0 Å². The molecule has 76 heavy (non-hydrogen) atoms. The van der Waals surface area contributed by atoms with Gasteiger partial charge in [-0.2, -0.15) is 0 Å². The van der Waals surface area contributed by atoms with Crippen LogP contribution in [0.2, 0.25) is 0 Å². The van der Waals surface area contributed by atoms with E-state index in [0.717, 1.165) is 44.6 Å². The van der Waals surface area contributed by atoms with Crippen LogP contribution >= 0.6 is 0 Å². The third-order valence-electron chi connectivity index (χ3n) is 15.5. The molecule has 0 bridgehead atoms. The quantitative estimate of drug-likeness (QED) is 0.135. The number of para-hydroxylation sites is 1. The van der Waals surface area contributed by atoms with Gasteiger partial charge in [0, 0.05) is 72.2 Å². The van der Waals surface area contributed by atoms with Gasteiger partial charge in [0.1, 0.15) is 5.82 Å². The van der Waals surface area contributed by atoms with Gasteiger partial charge in [-0.3, -0.25) is 0 Å². The Kier molecular flexibility index (Phi) is 14.7. The number of hydrogen-bond donors (Lipinski definition) is 0. The Hall–Kier alpha value is -5.90. The van der Waals surface area contributed by atoms with Crippen LogP contribution in [0, 0.1) is 18.8 Å². The summed E-state index contributed by atoms with van der Waals surface area (Å²) in [6.07, 6.45) is 1.94. The Morgan fingerprint density at radius 1 is 0.447 bits per heavy atom. The molecule has 0 atom stereocenters. The van der Waals surface area contributed by atoms with Gasteiger partial charge in [0.05, 0.1) is 0 Å². The first-order valence-corrected chi connectivity index (χ1v) is 27.0. The molecule has 6 heteroatoms. The van der Waals surface area contributed by atoms with Gasteiger partial charge in [-0.05, 0) is 90.6 Å². The third kappa shape index (κ3) is 10.7. The number of nitrogens with zero attached hydrogens (tertiary/aromatic N) is 4. The van der Waals surface area contributed by atoms with Crippen LogP contribution in [0.4, 0.5) is 11.4 Å². The zero-order valence-corrected chi connectivity index (χ0v) is 51.1. The van der Waals surface area contributed by atoms with E-state index >= 15 is 0 Å². The van der Waals surface area contributed by atoms with Gasteiger partial charge in [0.25, 0.3) is 0 Å². The molecule has 5 nitrogen and oxygen atoms in total. The molecule has 1 aliphatic rings. The van der Waals surface area contributed by atoms with Gasteiger partial charge in [-0.25, -0.2) is 4.98 Å². The second-order valence-corrected chi connectivity index (χ2v) is 27.3. The van der Waals surface area contributed by atoms with Crippen molar-refractivity contribution in [2.75, 3.05) is 9.80 Å². The monoisotopic (exact) mass is 1190 g/mol. The number of aromatic nitrogens is 2. The van der Waals surface area contributed by atoms with Gasteiger partial charge >= 0.3 is 0 Å². The molecule has 0 spiro atoms. The maximum absolute atomic E-state index is 7.29. The standard InChI is InChI=1S/C70H81N4O.Pt/c1-64(2,3)48-34-35-71-60(41-48)74-58-33-27-26-32-56(58)61-57(68(13,14)15)43-55(44-59(61)74)75-54-40-51(67(10,11)12)39-53(42-54)73-45-72(52-37-49(65(4,5)6)36-50(38-52)66(7,8)9)62(69(16,17)46-28-22-20-23-29-46)63(73)70(18,19)47-30-24-21-25-31-47;/h20-41,43,45H,1-19H3;/q-3;. The van der Waals surface area contributed by atoms with E-state index in [2.05, 4.69) is 298 Å². The van der Waals surface area contributed by atoms with E-state index < -0.39 is 10.8 Å². The fraction of sp³-hybridized carbons (Fsp3) is 0.371. The number of anilines is 2. The van der Waals surface area contributed by atoms with Crippen molar-refractivity contribution in [3.8, 4) is 17.3 Å². The Morgan fingerprint density at radius 3 is 1.46 bits per heavy atom. The topological polar surface area (TPSA) is 33.5 Å². The van der Waals surface area contributed by atoms with Gasteiger partial charge in [0.2, 0.25) is 0 Å². The van der Waals surface area contributed by atoms with Crippen LogP contribution < -0.4 is 14.5 Å². The van der Waals surface area contributed by atoms with E-state index in [4.69, 9.17) is 9.72 Å². The molecule has 3 heterocycles. The summed E-state index contributed by atoms with van der Waals surface area (Å²) < 4.78 is 9.57. The van der Waals surface area contributed by atoms with E-state index in [1.54, 1.807) is 0 Å². The number of rotatable bonds is 9. The average molecular weight is 1190 g/mol. The van der Waals surface area contributed by atoms with Gasteiger partial charge in [-0.15, -0.1) is 53.8 Å². The zero-order chi connectivity index (χ0) is 54.4. The molecular formula is C70H81N4OPt-3. The van der Waals surface area contributed by atoms with Crippen molar-refractivity contribution in [3.63, 3.8) is 0 Å². The first-order chi connectivity index (χ1) is 34.8. The summed E-state index contributed by atoms with van der Waals surface area (Å²) in [6.45, 7) is 46.3. The molecule has 0 fully saturated rings. The Labute approximate surface area is 471 Å². The van der Waals surface area contributed by atoms with Crippen molar-refractivity contribution in [2.45, 2.75) is 169 Å². The molecule has 0 amide bonds. The molecule has 8 aromatic rings. The second kappa shape index (κ2) is 19.8. The van der Waals surface area contributed by atoms with Crippen LogP contribution in [0.1, 0.15) is 170 Å². The Balaban J connectivity index is 0.00000765. The SMILES string of the molecule is CC(C)(C)c1cc(Oc2[c-]c3c(c(C(C)(C)C)c2)c2ccccc2n3-c2cc(C(C)(C)C)ccn2)[c-]c(N2[CH-]N(c3cc(C(C)(C)C)cc(C(C)(C)C)c3)C(C(C)(C)c3ccccc3)=C2C(C)(C)c2ccccc2)c1.[Pt]. The van der Waals surface area contributed by atoms with Gasteiger partial charge in [-0.1, -0.05) is 227 Å². The second-order valence-electron chi connectivity index (χ2n) is 27.3. The van der Waals surface area contributed by atoms with E-state index in [1.165, 1.54) is 44.8 Å². The average Bonchev–Trinajstić information content (AvgIpc) is 3.91. The molecule has 0 saturated carbocycles. The molecule has 2 aromatic heterocycles.